The summed E-state index contributed by atoms with van der Waals surface area (Å²) in [6.07, 6.45) is 2.46. The zero-order valence-electron chi connectivity index (χ0n) is 18.9. The highest BCUT2D eigenvalue weighted by atomic mass is 16.5. The lowest BCUT2D eigenvalue weighted by atomic mass is 9.96. The van der Waals surface area contributed by atoms with Gasteiger partial charge >= 0.3 is 0 Å². The molecule has 34 heavy (non-hydrogen) atoms. The number of ether oxygens (including phenoxy) is 1. The fraction of sp³-hybridized carbons (Fsp3) is 0.148. The van der Waals surface area contributed by atoms with E-state index in [1.54, 1.807) is 25.3 Å². The zero-order valence-corrected chi connectivity index (χ0v) is 18.9. The molecule has 4 aromatic rings. The normalized spacial score (nSPS) is 15.3. The maximum Gasteiger partial charge on any atom is 0.240 e. The number of carbonyl (C=O) groups is 1. The molecule has 1 aromatic heterocycles. The summed E-state index contributed by atoms with van der Waals surface area (Å²) in [5, 5.41) is 21.0. The van der Waals surface area contributed by atoms with Crippen LogP contribution in [-0.4, -0.2) is 38.6 Å². The van der Waals surface area contributed by atoms with E-state index >= 15 is 0 Å². The summed E-state index contributed by atoms with van der Waals surface area (Å²) in [5.41, 5.74) is 4.96. The predicted octanol–water partition coefficient (Wildman–Crippen LogP) is 4.95. The van der Waals surface area contributed by atoms with Gasteiger partial charge in [-0.15, -0.1) is 0 Å². The van der Waals surface area contributed by atoms with Gasteiger partial charge in [-0.1, -0.05) is 42.5 Å². The van der Waals surface area contributed by atoms with Gasteiger partial charge < -0.3 is 9.84 Å². The number of hydrazone groups is 1. The molecule has 2 heterocycles. The number of benzene rings is 3. The van der Waals surface area contributed by atoms with Crippen LogP contribution in [0.2, 0.25) is 0 Å². The first kappa shape index (κ1) is 21.5. The molecule has 0 spiro atoms. The molecule has 7 nitrogen and oxygen atoms in total. The van der Waals surface area contributed by atoms with Gasteiger partial charge in [0.15, 0.2) is 0 Å². The molecular weight excluding hydrogens is 428 g/mol. The number of hydrogen-bond donors (Lipinski definition) is 1. The number of phenols is 1. The lowest BCUT2D eigenvalue weighted by Gasteiger charge is -2.20. The molecule has 0 radical (unpaired) electrons. The highest BCUT2D eigenvalue weighted by Crippen LogP contribution is 2.39. The topological polar surface area (TPSA) is 80.0 Å². The van der Waals surface area contributed by atoms with Crippen LogP contribution in [0.15, 0.2) is 90.2 Å². The molecule has 170 valence electrons. The van der Waals surface area contributed by atoms with Gasteiger partial charge in [-0.2, -0.15) is 10.2 Å². The molecular formula is C27H24N4O3. The molecule has 0 unspecified atom stereocenters. The van der Waals surface area contributed by atoms with Crippen molar-refractivity contribution < 1.29 is 14.6 Å². The van der Waals surface area contributed by atoms with Crippen molar-refractivity contribution in [2.45, 2.75) is 19.4 Å². The van der Waals surface area contributed by atoms with Crippen LogP contribution in [0.3, 0.4) is 0 Å². The predicted molar refractivity (Wildman–Crippen MR) is 130 cm³/mol. The molecule has 7 heteroatoms. The molecule has 1 aliphatic heterocycles. The van der Waals surface area contributed by atoms with Gasteiger partial charge in [0, 0.05) is 36.2 Å². The number of methoxy groups -OCH3 is 1. The Kier molecular flexibility index (Phi) is 5.59. The van der Waals surface area contributed by atoms with Crippen molar-refractivity contribution in [1.82, 2.24) is 14.8 Å². The fourth-order valence-electron chi connectivity index (χ4n) is 4.24. The average Bonchev–Trinajstić information content (AvgIpc) is 3.50. The molecule has 1 atom stereocenters. The number of phenolic OH excluding ortho intramolecular Hbond substituents is 1. The van der Waals surface area contributed by atoms with E-state index in [-0.39, 0.29) is 17.7 Å². The van der Waals surface area contributed by atoms with Crippen LogP contribution in [0.5, 0.6) is 11.5 Å². The van der Waals surface area contributed by atoms with E-state index in [9.17, 15) is 9.90 Å². The molecule has 0 saturated carbocycles. The Balaban J connectivity index is 1.63. The Hall–Kier alpha value is -4.39. The van der Waals surface area contributed by atoms with Gasteiger partial charge in [-0.3, -0.25) is 4.79 Å². The van der Waals surface area contributed by atoms with Gasteiger partial charge in [0.1, 0.15) is 11.5 Å². The minimum Gasteiger partial charge on any atom is -0.508 e. The number of hydrogen-bond acceptors (Lipinski definition) is 5. The third kappa shape index (κ3) is 4.03. The first-order valence-electron chi connectivity index (χ1n) is 11.0. The van der Waals surface area contributed by atoms with Crippen molar-refractivity contribution in [2.75, 3.05) is 7.11 Å². The average molecular weight is 453 g/mol. The second kappa shape index (κ2) is 8.86. The SMILES string of the molecule is COc1cccc(-c2nn(-c3ccccc3)cc2[C@@H]2CC(c3cccc(O)c3)=NN2C(C)=O)c1. The molecule has 3 aromatic carbocycles. The van der Waals surface area contributed by atoms with Crippen LogP contribution >= 0.6 is 0 Å². The summed E-state index contributed by atoms with van der Waals surface area (Å²) in [7, 11) is 1.63. The van der Waals surface area contributed by atoms with Crippen LogP contribution in [-0.2, 0) is 4.79 Å². The molecule has 0 bridgehead atoms. The van der Waals surface area contributed by atoms with Crippen molar-refractivity contribution in [3.63, 3.8) is 0 Å². The Morgan fingerprint density at radius 2 is 1.76 bits per heavy atom. The van der Waals surface area contributed by atoms with E-state index < -0.39 is 0 Å². The van der Waals surface area contributed by atoms with E-state index in [0.29, 0.717) is 6.42 Å². The second-order valence-corrected chi connectivity index (χ2v) is 8.13. The lowest BCUT2D eigenvalue weighted by Crippen LogP contribution is -2.24. The quantitative estimate of drug-likeness (QED) is 0.465. The summed E-state index contributed by atoms with van der Waals surface area (Å²) in [6, 6.07) is 24.2. The fourth-order valence-corrected chi connectivity index (χ4v) is 4.24. The van der Waals surface area contributed by atoms with Crippen LogP contribution in [0.25, 0.3) is 16.9 Å². The Labute approximate surface area is 197 Å². The summed E-state index contributed by atoms with van der Waals surface area (Å²) < 4.78 is 7.26. The Morgan fingerprint density at radius 3 is 2.50 bits per heavy atom. The summed E-state index contributed by atoms with van der Waals surface area (Å²) >= 11 is 0. The third-order valence-corrected chi connectivity index (χ3v) is 5.88. The lowest BCUT2D eigenvalue weighted by molar-refractivity contribution is -0.130. The maximum atomic E-state index is 12.6. The molecule has 1 aliphatic rings. The van der Waals surface area contributed by atoms with Crippen molar-refractivity contribution in [3.8, 4) is 28.4 Å². The van der Waals surface area contributed by atoms with Gasteiger partial charge in [0.25, 0.3) is 0 Å². The number of carbonyl (C=O) groups excluding carboxylic acids is 1. The Bertz CT molecular complexity index is 1380. The van der Waals surface area contributed by atoms with Crippen molar-refractivity contribution in [3.05, 3.63) is 96.2 Å². The first-order valence-corrected chi connectivity index (χ1v) is 11.0. The molecule has 1 N–H and O–H groups in total. The summed E-state index contributed by atoms with van der Waals surface area (Å²) in [4.78, 5) is 12.6. The van der Waals surface area contributed by atoms with Crippen molar-refractivity contribution in [2.24, 2.45) is 5.10 Å². The molecule has 0 saturated heterocycles. The molecule has 0 fully saturated rings. The van der Waals surface area contributed by atoms with E-state index in [0.717, 1.165) is 39.5 Å². The minimum atomic E-state index is -0.339. The van der Waals surface area contributed by atoms with Gasteiger partial charge in [-0.25, -0.2) is 9.69 Å². The smallest absolute Gasteiger partial charge is 0.240 e. The van der Waals surface area contributed by atoms with Gasteiger partial charge in [-0.05, 0) is 36.4 Å². The number of aromatic hydroxyl groups is 1. The Morgan fingerprint density at radius 1 is 1.00 bits per heavy atom. The van der Waals surface area contributed by atoms with Gasteiger partial charge in [0.05, 0.1) is 30.2 Å². The number of aromatic nitrogens is 2. The number of rotatable bonds is 5. The van der Waals surface area contributed by atoms with Crippen LogP contribution in [0, 0.1) is 0 Å². The number of para-hydroxylation sites is 1. The van der Waals surface area contributed by atoms with Crippen molar-refractivity contribution in [1.29, 1.82) is 0 Å². The monoisotopic (exact) mass is 452 g/mol. The molecule has 1 amide bonds. The van der Waals surface area contributed by atoms with E-state index in [4.69, 9.17) is 9.84 Å². The zero-order chi connectivity index (χ0) is 23.7. The van der Waals surface area contributed by atoms with Crippen LogP contribution in [0.1, 0.15) is 30.5 Å². The van der Waals surface area contributed by atoms with Crippen LogP contribution in [0.4, 0.5) is 0 Å². The minimum absolute atomic E-state index is 0.159. The largest absolute Gasteiger partial charge is 0.508 e. The third-order valence-electron chi connectivity index (χ3n) is 5.88. The maximum absolute atomic E-state index is 12.6. The van der Waals surface area contributed by atoms with Gasteiger partial charge in [0.2, 0.25) is 5.91 Å². The van der Waals surface area contributed by atoms with E-state index in [2.05, 4.69) is 5.10 Å². The summed E-state index contributed by atoms with van der Waals surface area (Å²) in [5.74, 6) is 0.723. The second-order valence-electron chi connectivity index (χ2n) is 8.13. The highest BCUT2D eigenvalue weighted by Gasteiger charge is 2.35. The standard InChI is InChI=1S/C27H24N4O3/c1-18(32)31-26(16-25(28-31)19-8-6-12-22(33)14-19)24-17-30(21-10-4-3-5-11-21)29-27(24)20-9-7-13-23(15-20)34-2/h3-15,17,26,33H,16H2,1-2H3/t26-/m0/s1. The molecule has 0 aliphatic carbocycles. The van der Waals surface area contributed by atoms with Crippen LogP contribution < -0.4 is 4.74 Å². The van der Waals surface area contributed by atoms with E-state index in [1.165, 1.54) is 11.9 Å². The van der Waals surface area contributed by atoms with Crippen molar-refractivity contribution >= 4 is 11.6 Å². The molecule has 5 rings (SSSR count). The first-order chi connectivity index (χ1) is 16.5. The van der Waals surface area contributed by atoms with E-state index in [1.807, 2.05) is 71.5 Å². The number of amides is 1. The number of nitrogens with zero attached hydrogens (tertiary/aromatic N) is 4. The highest BCUT2D eigenvalue weighted by molar-refractivity contribution is 6.03. The summed E-state index contributed by atoms with van der Waals surface area (Å²) in [6.45, 7) is 1.51.